The number of nitrogens with zero attached hydrogens (tertiary/aromatic N) is 1. The van der Waals surface area contributed by atoms with E-state index in [1.807, 2.05) is 18.2 Å². The predicted octanol–water partition coefficient (Wildman–Crippen LogP) is 1.73. The first-order valence-corrected chi connectivity index (χ1v) is 6.55. The van der Waals surface area contributed by atoms with Gasteiger partial charge in [-0.3, -0.25) is 4.79 Å². The molecule has 1 aromatic carbocycles. The summed E-state index contributed by atoms with van der Waals surface area (Å²) in [6.45, 7) is 0.621. The number of nitrogen functional groups attached to an aromatic ring is 1. The summed E-state index contributed by atoms with van der Waals surface area (Å²) in [5.74, 6) is 5.55. The lowest BCUT2D eigenvalue weighted by Crippen LogP contribution is -2.26. The minimum Gasteiger partial charge on any atom is -0.351 e. The molecule has 2 aromatic rings. The molecule has 1 aromatic heterocycles. The summed E-state index contributed by atoms with van der Waals surface area (Å²) < 4.78 is 0. The number of pyridine rings is 1. The molecule has 0 aliphatic heterocycles. The maximum absolute atomic E-state index is 11.9. The van der Waals surface area contributed by atoms with E-state index in [2.05, 4.69) is 27.9 Å². The molecule has 5 nitrogen and oxygen atoms in total. The average Bonchev–Trinajstić information content (AvgIpc) is 2.52. The van der Waals surface area contributed by atoms with Gasteiger partial charge >= 0.3 is 0 Å². The number of amides is 1. The van der Waals surface area contributed by atoms with Crippen molar-refractivity contribution in [1.82, 2.24) is 10.3 Å². The topological polar surface area (TPSA) is 80.0 Å². The van der Waals surface area contributed by atoms with Gasteiger partial charge in [0, 0.05) is 6.54 Å². The van der Waals surface area contributed by atoms with Gasteiger partial charge in [-0.2, -0.15) is 0 Å². The first-order chi connectivity index (χ1) is 9.79. The van der Waals surface area contributed by atoms with E-state index in [4.69, 9.17) is 5.84 Å². The third kappa shape index (κ3) is 4.07. The standard InChI is InChI=1S/C15H18N4O/c16-19-14-10-4-9-13(18-14)15(20)17-11-5-8-12-6-2-1-3-7-12/h1-4,6-7,9-10H,5,8,11,16H2,(H,17,20)(H,18,19). The predicted molar refractivity (Wildman–Crippen MR) is 79.1 cm³/mol. The fourth-order valence-electron chi connectivity index (χ4n) is 1.87. The number of carbonyl (C=O) groups excluding carboxylic acids is 1. The minimum atomic E-state index is -0.185. The van der Waals surface area contributed by atoms with Crippen molar-refractivity contribution >= 4 is 11.7 Å². The van der Waals surface area contributed by atoms with Crippen LogP contribution in [-0.4, -0.2) is 17.4 Å². The molecule has 0 aliphatic rings. The van der Waals surface area contributed by atoms with E-state index in [0.717, 1.165) is 12.8 Å². The van der Waals surface area contributed by atoms with Crippen LogP contribution in [0.25, 0.3) is 0 Å². The number of hydrazine groups is 1. The third-order valence-electron chi connectivity index (χ3n) is 2.90. The summed E-state index contributed by atoms with van der Waals surface area (Å²) in [7, 11) is 0. The molecule has 0 spiro atoms. The van der Waals surface area contributed by atoms with E-state index in [0.29, 0.717) is 18.1 Å². The van der Waals surface area contributed by atoms with Crippen LogP contribution in [0.2, 0.25) is 0 Å². The molecular formula is C15H18N4O. The molecule has 20 heavy (non-hydrogen) atoms. The molecule has 0 unspecified atom stereocenters. The minimum absolute atomic E-state index is 0.185. The number of hydrogen-bond donors (Lipinski definition) is 3. The molecule has 1 amide bonds. The zero-order valence-corrected chi connectivity index (χ0v) is 11.2. The zero-order valence-electron chi connectivity index (χ0n) is 11.2. The Labute approximate surface area is 118 Å². The maximum atomic E-state index is 11.9. The summed E-state index contributed by atoms with van der Waals surface area (Å²) in [6, 6.07) is 15.3. The Morgan fingerprint density at radius 1 is 1.10 bits per heavy atom. The Hall–Kier alpha value is -2.40. The Morgan fingerprint density at radius 2 is 1.90 bits per heavy atom. The number of nitrogens with two attached hydrogens (primary N) is 1. The highest BCUT2D eigenvalue weighted by Crippen LogP contribution is 2.04. The molecule has 104 valence electrons. The normalized spacial score (nSPS) is 10.1. The molecule has 0 bridgehead atoms. The van der Waals surface area contributed by atoms with Crippen molar-refractivity contribution in [1.29, 1.82) is 0 Å². The lowest BCUT2D eigenvalue weighted by atomic mass is 10.1. The van der Waals surface area contributed by atoms with Crippen LogP contribution in [0.15, 0.2) is 48.5 Å². The number of aryl methyl sites for hydroxylation is 1. The maximum Gasteiger partial charge on any atom is 0.269 e. The molecule has 4 N–H and O–H groups in total. The highest BCUT2D eigenvalue weighted by atomic mass is 16.1. The number of hydrogen-bond acceptors (Lipinski definition) is 4. The monoisotopic (exact) mass is 270 g/mol. The summed E-state index contributed by atoms with van der Waals surface area (Å²) in [5.41, 5.74) is 4.05. The van der Waals surface area contributed by atoms with E-state index >= 15 is 0 Å². The Morgan fingerprint density at radius 3 is 2.65 bits per heavy atom. The van der Waals surface area contributed by atoms with E-state index < -0.39 is 0 Å². The van der Waals surface area contributed by atoms with Crippen LogP contribution in [0.4, 0.5) is 5.82 Å². The number of nitrogens with one attached hydrogen (secondary N) is 2. The largest absolute Gasteiger partial charge is 0.351 e. The van der Waals surface area contributed by atoms with Crippen molar-refractivity contribution in [2.75, 3.05) is 12.0 Å². The number of anilines is 1. The van der Waals surface area contributed by atoms with E-state index in [-0.39, 0.29) is 5.91 Å². The molecule has 0 atom stereocenters. The van der Waals surface area contributed by atoms with Gasteiger partial charge in [-0.05, 0) is 30.5 Å². The summed E-state index contributed by atoms with van der Waals surface area (Å²) in [6.07, 6.45) is 1.84. The Balaban J connectivity index is 1.77. The molecule has 1 heterocycles. The smallest absolute Gasteiger partial charge is 0.269 e. The first kappa shape index (κ1) is 14.0. The molecular weight excluding hydrogens is 252 g/mol. The summed E-state index contributed by atoms with van der Waals surface area (Å²) >= 11 is 0. The van der Waals surface area contributed by atoms with Crippen molar-refractivity contribution in [2.45, 2.75) is 12.8 Å². The van der Waals surface area contributed by atoms with Crippen LogP contribution < -0.4 is 16.6 Å². The van der Waals surface area contributed by atoms with Crippen molar-refractivity contribution in [2.24, 2.45) is 5.84 Å². The van der Waals surface area contributed by atoms with Crippen LogP contribution in [0.5, 0.6) is 0 Å². The van der Waals surface area contributed by atoms with Crippen molar-refractivity contribution in [3.8, 4) is 0 Å². The van der Waals surface area contributed by atoms with Crippen LogP contribution in [0.1, 0.15) is 22.5 Å². The number of aromatic nitrogens is 1. The quantitative estimate of drug-likeness (QED) is 0.424. The van der Waals surface area contributed by atoms with Crippen LogP contribution >= 0.6 is 0 Å². The van der Waals surface area contributed by atoms with Gasteiger partial charge in [0.25, 0.3) is 5.91 Å². The molecule has 0 fully saturated rings. The van der Waals surface area contributed by atoms with Crippen LogP contribution in [0, 0.1) is 0 Å². The second-order valence-electron chi connectivity index (χ2n) is 4.40. The lowest BCUT2D eigenvalue weighted by molar-refractivity contribution is 0.0948. The van der Waals surface area contributed by atoms with E-state index in [1.165, 1.54) is 5.56 Å². The fourth-order valence-corrected chi connectivity index (χ4v) is 1.87. The van der Waals surface area contributed by atoms with Gasteiger partial charge < -0.3 is 10.7 Å². The number of rotatable bonds is 6. The van der Waals surface area contributed by atoms with E-state index in [1.54, 1.807) is 18.2 Å². The van der Waals surface area contributed by atoms with Gasteiger partial charge in [0.15, 0.2) is 0 Å². The number of benzene rings is 1. The summed E-state index contributed by atoms with van der Waals surface area (Å²) in [5, 5.41) is 2.85. The molecule has 5 heteroatoms. The molecule has 0 saturated heterocycles. The van der Waals surface area contributed by atoms with E-state index in [9.17, 15) is 4.79 Å². The van der Waals surface area contributed by atoms with Crippen LogP contribution in [-0.2, 0) is 6.42 Å². The average molecular weight is 270 g/mol. The highest BCUT2D eigenvalue weighted by Gasteiger charge is 2.06. The zero-order chi connectivity index (χ0) is 14.2. The number of carbonyl (C=O) groups is 1. The van der Waals surface area contributed by atoms with Gasteiger partial charge in [0.05, 0.1) is 0 Å². The Bertz CT molecular complexity index is 557. The Kier molecular flexibility index (Phi) is 5.08. The van der Waals surface area contributed by atoms with Gasteiger partial charge in [-0.25, -0.2) is 10.8 Å². The van der Waals surface area contributed by atoms with Crippen molar-refractivity contribution in [3.63, 3.8) is 0 Å². The second kappa shape index (κ2) is 7.25. The second-order valence-corrected chi connectivity index (χ2v) is 4.40. The lowest BCUT2D eigenvalue weighted by Gasteiger charge is -2.06. The van der Waals surface area contributed by atoms with Gasteiger partial charge in [0.1, 0.15) is 11.5 Å². The molecule has 0 radical (unpaired) electrons. The fraction of sp³-hybridized carbons (Fsp3) is 0.200. The third-order valence-corrected chi connectivity index (χ3v) is 2.90. The molecule has 2 rings (SSSR count). The van der Waals surface area contributed by atoms with Gasteiger partial charge in [-0.1, -0.05) is 36.4 Å². The van der Waals surface area contributed by atoms with Gasteiger partial charge in [0.2, 0.25) is 0 Å². The first-order valence-electron chi connectivity index (χ1n) is 6.55. The highest BCUT2D eigenvalue weighted by molar-refractivity contribution is 5.92. The van der Waals surface area contributed by atoms with Crippen molar-refractivity contribution < 1.29 is 4.79 Å². The van der Waals surface area contributed by atoms with Crippen LogP contribution in [0.3, 0.4) is 0 Å². The van der Waals surface area contributed by atoms with Crippen molar-refractivity contribution in [3.05, 3.63) is 59.8 Å². The molecule has 0 saturated carbocycles. The van der Waals surface area contributed by atoms with Gasteiger partial charge in [-0.15, -0.1) is 0 Å². The SMILES string of the molecule is NNc1cccc(C(=O)NCCCc2ccccc2)n1. The summed E-state index contributed by atoms with van der Waals surface area (Å²) in [4.78, 5) is 16.0. The molecule has 0 aliphatic carbocycles.